The number of piperazine rings is 1. The maximum atomic E-state index is 14.8. The second kappa shape index (κ2) is 9.21. The van der Waals surface area contributed by atoms with Crippen LogP contribution < -0.4 is 15.0 Å². The van der Waals surface area contributed by atoms with Crippen molar-refractivity contribution in [3.05, 3.63) is 36.3 Å². The fraction of sp³-hybridized carbons (Fsp3) is 0.480. The molecule has 2 saturated heterocycles. The van der Waals surface area contributed by atoms with Crippen LogP contribution in [-0.4, -0.2) is 70.7 Å². The second-order valence-electron chi connectivity index (χ2n) is 9.25. The smallest absolute Gasteiger partial charge is 0.234 e. The van der Waals surface area contributed by atoms with Crippen LogP contribution in [0.4, 0.5) is 10.2 Å². The summed E-state index contributed by atoms with van der Waals surface area (Å²) in [5.41, 5.74) is 1.71. The third-order valence-corrected chi connectivity index (χ3v) is 7.01. The topological polar surface area (TPSA) is 75.5 Å². The molecule has 4 heterocycles. The Kier molecular flexibility index (Phi) is 6.12. The quantitative estimate of drug-likeness (QED) is 0.602. The average molecular weight is 467 g/mol. The summed E-state index contributed by atoms with van der Waals surface area (Å²) in [7, 11) is 1.58. The third-order valence-electron chi connectivity index (χ3n) is 7.01. The SMILES string of the molecule is COc1ccc(F)c2nc(-c3ccc(N4[C@@H](C)CC[C@@H]4C)nc3)n(CCN3CCNC(=O)C3)c12. The molecule has 0 spiro atoms. The normalized spacial score (nSPS) is 21.3. The monoisotopic (exact) mass is 466 g/mol. The van der Waals surface area contributed by atoms with Gasteiger partial charge in [-0.25, -0.2) is 14.4 Å². The minimum atomic E-state index is -0.391. The molecule has 8 nitrogen and oxygen atoms in total. The van der Waals surface area contributed by atoms with E-state index < -0.39 is 5.82 Å². The van der Waals surface area contributed by atoms with Gasteiger partial charge in [0.25, 0.3) is 0 Å². The van der Waals surface area contributed by atoms with Crippen molar-refractivity contribution in [3.8, 4) is 17.1 Å². The number of nitrogens with zero attached hydrogens (tertiary/aromatic N) is 5. The summed E-state index contributed by atoms with van der Waals surface area (Å²) in [4.78, 5) is 25.7. The summed E-state index contributed by atoms with van der Waals surface area (Å²) in [6, 6.07) is 7.97. The molecule has 2 fully saturated rings. The minimum absolute atomic E-state index is 0.0238. The zero-order valence-corrected chi connectivity index (χ0v) is 19.9. The Hall–Kier alpha value is -3.20. The van der Waals surface area contributed by atoms with Gasteiger partial charge in [-0.2, -0.15) is 0 Å². The average Bonchev–Trinajstić information content (AvgIpc) is 3.39. The zero-order valence-electron chi connectivity index (χ0n) is 19.9. The molecular weight excluding hydrogens is 435 g/mol. The first-order valence-electron chi connectivity index (χ1n) is 11.9. The molecule has 0 saturated carbocycles. The Morgan fingerprint density at radius 1 is 1.15 bits per heavy atom. The van der Waals surface area contributed by atoms with E-state index in [0.717, 1.165) is 30.8 Å². The number of nitrogens with one attached hydrogen (secondary N) is 1. The van der Waals surface area contributed by atoms with Gasteiger partial charge in [-0.1, -0.05) is 0 Å². The van der Waals surface area contributed by atoms with E-state index in [-0.39, 0.29) is 11.4 Å². The second-order valence-corrected chi connectivity index (χ2v) is 9.25. The Morgan fingerprint density at radius 2 is 1.94 bits per heavy atom. The van der Waals surface area contributed by atoms with Crippen molar-refractivity contribution in [2.75, 3.05) is 38.2 Å². The van der Waals surface area contributed by atoms with Crippen molar-refractivity contribution in [2.24, 2.45) is 0 Å². The van der Waals surface area contributed by atoms with Crippen LogP contribution in [0.25, 0.3) is 22.4 Å². The van der Waals surface area contributed by atoms with E-state index >= 15 is 0 Å². The first-order valence-corrected chi connectivity index (χ1v) is 11.9. The van der Waals surface area contributed by atoms with Gasteiger partial charge in [-0.05, 0) is 51.0 Å². The molecule has 9 heteroatoms. The lowest BCUT2D eigenvalue weighted by atomic mass is 10.2. The molecule has 0 bridgehead atoms. The van der Waals surface area contributed by atoms with Gasteiger partial charge in [0, 0.05) is 50.0 Å². The molecule has 5 rings (SSSR count). The Balaban J connectivity index is 1.52. The number of aromatic nitrogens is 3. The number of rotatable bonds is 6. The Labute approximate surface area is 198 Å². The van der Waals surface area contributed by atoms with Gasteiger partial charge in [0.2, 0.25) is 5.91 Å². The molecule has 180 valence electrons. The van der Waals surface area contributed by atoms with Crippen LogP contribution in [-0.2, 0) is 11.3 Å². The number of pyridine rings is 1. The number of carbonyl (C=O) groups excluding carboxylic acids is 1. The van der Waals surface area contributed by atoms with Crippen LogP contribution in [0.1, 0.15) is 26.7 Å². The fourth-order valence-electron chi connectivity index (χ4n) is 5.22. The number of ether oxygens (including phenoxy) is 1. The minimum Gasteiger partial charge on any atom is -0.494 e. The molecule has 0 aliphatic carbocycles. The van der Waals surface area contributed by atoms with Crippen LogP contribution in [0.5, 0.6) is 5.75 Å². The van der Waals surface area contributed by atoms with Gasteiger partial charge in [-0.15, -0.1) is 0 Å². The molecule has 1 amide bonds. The number of fused-ring (bicyclic) bond motifs is 1. The zero-order chi connectivity index (χ0) is 23.8. The van der Waals surface area contributed by atoms with Gasteiger partial charge in [0.15, 0.2) is 5.82 Å². The number of carbonyl (C=O) groups is 1. The highest BCUT2D eigenvalue weighted by molar-refractivity contribution is 5.86. The van der Waals surface area contributed by atoms with Crippen LogP contribution in [0.2, 0.25) is 0 Å². The van der Waals surface area contributed by atoms with E-state index in [1.807, 2.05) is 22.9 Å². The lowest BCUT2D eigenvalue weighted by Gasteiger charge is -2.27. The molecule has 1 aromatic carbocycles. The van der Waals surface area contributed by atoms with Crippen LogP contribution in [0, 0.1) is 5.82 Å². The van der Waals surface area contributed by atoms with Crippen LogP contribution in [0.15, 0.2) is 30.5 Å². The lowest BCUT2D eigenvalue weighted by Crippen LogP contribution is -2.48. The van der Waals surface area contributed by atoms with Gasteiger partial charge >= 0.3 is 0 Å². The van der Waals surface area contributed by atoms with Crippen molar-refractivity contribution in [3.63, 3.8) is 0 Å². The predicted molar refractivity (Wildman–Crippen MR) is 130 cm³/mol. The number of anilines is 1. The Morgan fingerprint density at radius 3 is 2.62 bits per heavy atom. The van der Waals surface area contributed by atoms with E-state index in [9.17, 15) is 9.18 Å². The van der Waals surface area contributed by atoms with Crippen LogP contribution in [0.3, 0.4) is 0 Å². The maximum absolute atomic E-state index is 14.8. The number of amides is 1. The number of imidazole rings is 1. The highest BCUT2D eigenvalue weighted by atomic mass is 19.1. The van der Waals surface area contributed by atoms with Crippen molar-refractivity contribution >= 4 is 22.8 Å². The number of methoxy groups -OCH3 is 1. The number of hydrogen-bond acceptors (Lipinski definition) is 6. The van der Waals surface area contributed by atoms with Crippen LogP contribution >= 0.6 is 0 Å². The first-order chi connectivity index (χ1) is 16.5. The van der Waals surface area contributed by atoms with E-state index in [0.29, 0.717) is 55.4 Å². The standard InChI is InChI=1S/C25H31FN6O2/c1-16-4-5-17(2)32(16)21-9-6-18(14-28-21)25-29-23-19(26)7-8-20(34-3)24(23)31(25)13-12-30-11-10-27-22(33)15-30/h6-9,14,16-17H,4-5,10-13,15H2,1-3H3,(H,27,33)/t16-,17-/m0/s1. The molecule has 1 N–H and O–H groups in total. The van der Waals surface area contributed by atoms with Crippen molar-refractivity contribution in [1.29, 1.82) is 0 Å². The number of hydrogen-bond donors (Lipinski definition) is 1. The van der Waals surface area contributed by atoms with E-state index in [1.165, 1.54) is 6.07 Å². The van der Waals surface area contributed by atoms with E-state index in [2.05, 4.69) is 33.9 Å². The van der Waals surface area contributed by atoms with Crippen molar-refractivity contribution < 1.29 is 13.9 Å². The summed E-state index contributed by atoms with van der Waals surface area (Å²) in [5, 5.41) is 2.85. The van der Waals surface area contributed by atoms with E-state index in [4.69, 9.17) is 9.72 Å². The summed E-state index contributed by atoms with van der Waals surface area (Å²) >= 11 is 0. The number of benzene rings is 1. The molecule has 2 aromatic heterocycles. The van der Waals surface area contributed by atoms with Gasteiger partial charge in [-0.3, -0.25) is 9.69 Å². The van der Waals surface area contributed by atoms with Gasteiger partial charge < -0.3 is 19.5 Å². The summed E-state index contributed by atoms with van der Waals surface area (Å²) in [5.74, 6) is 1.79. The van der Waals surface area contributed by atoms with Gasteiger partial charge in [0.1, 0.15) is 28.4 Å². The molecule has 2 atom stereocenters. The molecule has 34 heavy (non-hydrogen) atoms. The summed E-state index contributed by atoms with van der Waals surface area (Å²) in [6.45, 7) is 7.41. The van der Waals surface area contributed by atoms with Gasteiger partial charge in [0.05, 0.1) is 13.7 Å². The number of halogens is 1. The summed E-state index contributed by atoms with van der Waals surface area (Å²) < 4.78 is 22.3. The predicted octanol–water partition coefficient (Wildman–Crippen LogP) is 3.05. The fourth-order valence-corrected chi connectivity index (χ4v) is 5.22. The Bertz CT molecular complexity index is 1180. The molecule has 0 unspecified atom stereocenters. The highest BCUT2D eigenvalue weighted by Gasteiger charge is 2.28. The molecule has 0 radical (unpaired) electrons. The maximum Gasteiger partial charge on any atom is 0.234 e. The van der Waals surface area contributed by atoms with Crippen molar-refractivity contribution in [1.82, 2.24) is 24.8 Å². The molecular formula is C25H31FN6O2. The van der Waals surface area contributed by atoms with E-state index in [1.54, 1.807) is 13.2 Å². The third kappa shape index (κ3) is 4.09. The molecule has 2 aliphatic heterocycles. The molecule has 2 aliphatic rings. The molecule has 3 aromatic rings. The highest BCUT2D eigenvalue weighted by Crippen LogP contribution is 2.34. The lowest BCUT2D eigenvalue weighted by molar-refractivity contribution is -0.124. The first kappa shape index (κ1) is 22.6. The largest absolute Gasteiger partial charge is 0.494 e. The summed E-state index contributed by atoms with van der Waals surface area (Å²) in [6.07, 6.45) is 4.14. The van der Waals surface area contributed by atoms with Crippen molar-refractivity contribution in [2.45, 2.75) is 45.3 Å².